The summed E-state index contributed by atoms with van der Waals surface area (Å²) in [7, 11) is 3.09. The number of phenolic OH excluding ortho intramolecular Hbond substituents is 1. The van der Waals surface area contributed by atoms with Crippen LogP contribution in [0.15, 0.2) is 18.2 Å². The molecule has 1 aromatic rings. The molecule has 3 N–H and O–H groups in total. The van der Waals surface area contributed by atoms with Crippen molar-refractivity contribution in [3.8, 4) is 11.5 Å². The van der Waals surface area contributed by atoms with E-state index in [-0.39, 0.29) is 11.8 Å². The molecule has 1 rings (SSSR count). The van der Waals surface area contributed by atoms with E-state index in [0.717, 1.165) is 5.56 Å². The van der Waals surface area contributed by atoms with Crippen molar-refractivity contribution in [3.63, 3.8) is 0 Å². The van der Waals surface area contributed by atoms with E-state index < -0.39 is 0 Å². The number of aromatic hydroxyl groups is 1. The van der Waals surface area contributed by atoms with Crippen molar-refractivity contribution in [2.75, 3.05) is 20.8 Å². The standard InChI is InChI=1S/C10H15NO3/c1-13-6-8(11)7-3-4-10(14-2)9(12)5-7/h3-5,8,12H,6,11H2,1-2H3/t8-/m1/s1. The highest BCUT2D eigenvalue weighted by Gasteiger charge is 2.08. The van der Waals surface area contributed by atoms with Gasteiger partial charge in [0.2, 0.25) is 0 Å². The molecule has 4 heteroatoms. The van der Waals surface area contributed by atoms with Gasteiger partial charge in [0, 0.05) is 7.11 Å². The van der Waals surface area contributed by atoms with Crippen LogP contribution in [0.3, 0.4) is 0 Å². The van der Waals surface area contributed by atoms with E-state index in [0.29, 0.717) is 12.4 Å². The van der Waals surface area contributed by atoms with E-state index in [4.69, 9.17) is 15.2 Å². The van der Waals surface area contributed by atoms with E-state index in [1.165, 1.54) is 7.11 Å². The summed E-state index contributed by atoms with van der Waals surface area (Å²) in [5.41, 5.74) is 6.61. The Morgan fingerprint density at radius 2 is 2.14 bits per heavy atom. The first kappa shape index (κ1) is 10.8. The van der Waals surface area contributed by atoms with Crippen molar-refractivity contribution in [1.29, 1.82) is 0 Å². The maximum absolute atomic E-state index is 9.49. The summed E-state index contributed by atoms with van der Waals surface area (Å²) in [5.74, 6) is 0.537. The molecule has 0 amide bonds. The highest BCUT2D eigenvalue weighted by Crippen LogP contribution is 2.28. The second kappa shape index (κ2) is 4.83. The second-order valence-corrected chi connectivity index (χ2v) is 2.99. The van der Waals surface area contributed by atoms with Crippen LogP contribution in [0.25, 0.3) is 0 Å². The van der Waals surface area contributed by atoms with E-state index in [1.54, 1.807) is 19.2 Å². The van der Waals surface area contributed by atoms with Crippen LogP contribution in [0.2, 0.25) is 0 Å². The maximum atomic E-state index is 9.49. The molecule has 14 heavy (non-hydrogen) atoms. The molecule has 0 aliphatic heterocycles. The molecule has 0 unspecified atom stereocenters. The van der Waals surface area contributed by atoms with Gasteiger partial charge in [0.1, 0.15) is 0 Å². The molecule has 0 aromatic heterocycles. The summed E-state index contributed by atoms with van der Waals surface area (Å²) >= 11 is 0. The molecule has 0 saturated carbocycles. The van der Waals surface area contributed by atoms with Gasteiger partial charge in [-0.05, 0) is 17.7 Å². The highest BCUT2D eigenvalue weighted by atomic mass is 16.5. The number of hydrogen-bond donors (Lipinski definition) is 2. The molecule has 4 nitrogen and oxygen atoms in total. The van der Waals surface area contributed by atoms with Crippen molar-refractivity contribution in [2.45, 2.75) is 6.04 Å². The van der Waals surface area contributed by atoms with Gasteiger partial charge in [-0.3, -0.25) is 0 Å². The Morgan fingerprint density at radius 3 is 2.64 bits per heavy atom. The molecule has 0 radical (unpaired) electrons. The largest absolute Gasteiger partial charge is 0.504 e. The van der Waals surface area contributed by atoms with Gasteiger partial charge in [-0.2, -0.15) is 0 Å². The van der Waals surface area contributed by atoms with Crippen LogP contribution < -0.4 is 10.5 Å². The third-order valence-corrected chi connectivity index (χ3v) is 1.98. The summed E-state index contributed by atoms with van der Waals surface area (Å²) in [4.78, 5) is 0. The summed E-state index contributed by atoms with van der Waals surface area (Å²) in [6.45, 7) is 0.422. The minimum absolute atomic E-state index is 0.0940. The number of ether oxygens (including phenoxy) is 2. The monoisotopic (exact) mass is 197 g/mol. The smallest absolute Gasteiger partial charge is 0.160 e. The number of rotatable bonds is 4. The van der Waals surface area contributed by atoms with Gasteiger partial charge in [0.25, 0.3) is 0 Å². The number of methoxy groups -OCH3 is 2. The fourth-order valence-electron chi connectivity index (χ4n) is 1.21. The summed E-state index contributed by atoms with van der Waals surface area (Å²) in [5, 5.41) is 9.49. The van der Waals surface area contributed by atoms with Crippen molar-refractivity contribution >= 4 is 0 Å². The van der Waals surface area contributed by atoms with E-state index in [2.05, 4.69) is 0 Å². The third kappa shape index (κ3) is 2.37. The predicted molar refractivity (Wildman–Crippen MR) is 53.5 cm³/mol. The molecule has 1 atom stereocenters. The lowest BCUT2D eigenvalue weighted by Gasteiger charge is -2.12. The first-order valence-electron chi connectivity index (χ1n) is 4.30. The quantitative estimate of drug-likeness (QED) is 0.757. The van der Waals surface area contributed by atoms with E-state index >= 15 is 0 Å². The Bertz CT molecular complexity index is 301. The van der Waals surface area contributed by atoms with Crippen molar-refractivity contribution < 1.29 is 14.6 Å². The van der Waals surface area contributed by atoms with Crippen LogP contribution in [-0.2, 0) is 4.74 Å². The van der Waals surface area contributed by atoms with E-state index in [9.17, 15) is 5.11 Å². The lowest BCUT2D eigenvalue weighted by atomic mass is 10.1. The number of nitrogens with two attached hydrogens (primary N) is 1. The molecule has 0 saturated heterocycles. The van der Waals surface area contributed by atoms with Crippen LogP contribution in [0, 0.1) is 0 Å². The number of benzene rings is 1. The van der Waals surface area contributed by atoms with Gasteiger partial charge >= 0.3 is 0 Å². The topological polar surface area (TPSA) is 64.7 Å². The van der Waals surface area contributed by atoms with Gasteiger partial charge in [-0.15, -0.1) is 0 Å². The first-order valence-corrected chi connectivity index (χ1v) is 4.30. The van der Waals surface area contributed by atoms with Gasteiger partial charge in [-0.1, -0.05) is 6.07 Å². The van der Waals surface area contributed by atoms with Crippen molar-refractivity contribution in [1.82, 2.24) is 0 Å². The Kier molecular flexibility index (Phi) is 3.73. The third-order valence-electron chi connectivity index (χ3n) is 1.98. The van der Waals surface area contributed by atoms with Crippen LogP contribution in [0.5, 0.6) is 11.5 Å². The Hall–Kier alpha value is -1.26. The molecular weight excluding hydrogens is 182 g/mol. The SMILES string of the molecule is COC[C@@H](N)c1ccc(OC)c(O)c1. The molecule has 0 fully saturated rings. The van der Waals surface area contributed by atoms with Gasteiger partial charge < -0.3 is 20.3 Å². The Morgan fingerprint density at radius 1 is 1.43 bits per heavy atom. The molecule has 1 aromatic carbocycles. The van der Waals surface area contributed by atoms with Gasteiger partial charge in [0.15, 0.2) is 11.5 Å². The molecule has 0 aliphatic rings. The molecule has 0 heterocycles. The fourth-order valence-corrected chi connectivity index (χ4v) is 1.21. The summed E-state index contributed by atoms with van der Waals surface area (Å²) < 4.78 is 9.83. The Balaban J connectivity index is 2.85. The molecule has 0 bridgehead atoms. The average Bonchev–Trinajstić information content (AvgIpc) is 2.18. The molecule has 0 aliphatic carbocycles. The number of phenols is 1. The maximum Gasteiger partial charge on any atom is 0.160 e. The molecule has 78 valence electrons. The lowest BCUT2D eigenvalue weighted by molar-refractivity contribution is 0.181. The number of hydrogen-bond acceptors (Lipinski definition) is 4. The van der Waals surface area contributed by atoms with Gasteiger partial charge in [0.05, 0.1) is 19.8 Å². The lowest BCUT2D eigenvalue weighted by Crippen LogP contribution is -2.15. The van der Waals surface area contributed by atoms with Crippen LogP contribution in [0.1, 0.15) is 11.6 Å². The minimum atomic E-state index is -0.225. The normalized spacial score (nSPS) is 12.5. The highest BCUT2D eigenvalue weighted by molar-refractivity contribution is 5.42. The van der Waals surface area contributed by atoms with E-state index in [1.807, 2.05) is 6.07 Å². The fraction of sp³-hybridized carbons (Fsp3) is 0.400. The van der Waals surface area contributed by atoms with Gasteiger partial charge in [-0.25, -0.2) is 0 Å². The second-order valence-electron chi connectivity index (χ2n) is 2.99. The Labute approximate surface area is 83.3 Å². The summed E-state index contributed by atoms with van der Waals surface area (Å²) in [6, 6.07) is 4.85. The summed E-state index contributed by atoms with van der Waals surface area (Å²) in [6.07, 6.45) is 0. The minimum Gasteiger partial charge on any atom is -0.504 e. The average molecular weight is 197 g/mol. The molecular formula is C10H15NO3. The zero-order valence-corrected chi connectivity index (χ0v) is 8.36. The van der Waals surface area contributed by atoms with Crippen molar-refractivity contribution in [3.05, 3.63) is 23.8 Å². The zero-order chi connectivity index (χ0) is 10.6. The zero-order valence-electron chi connectivity index (χ0n) is 8.36. The van der Waals surface area contributed by atoms with Crippen LogP contribution in [0.4, 0.5) is 0 Å². The predicted octanol–water partition coefficient (Wildman–Crippen LogP) is 1.05. The van der Waals surface area contributed by atoms with Crippen LogP contribution >= 0.6 is 0 Å². The molecule has 0 spiro atoms. The van der Waals surface area contributed by atoms with Crippen LogP contribution in [-0.4, -0.2) is 25.9 Å². The van der Waals surface area contributed by atoms with Crippen molar-refractivity contribution in [2.24, 2.45) is 5.73 Å². The first-order chi connectivity index (χ1) is 6.69.